The van der Waals surface area contributed by atoms with Gasteiger partial charge in [0.15, 0.2) is 0 Å². The molecular weight excluding hydrogens is 352 g/mol. The van der Waals surface area contributed by atoms with Crippen molar-refractivity contribution >= 4 is 39.0 Å². The first kappa shape index (κ1) is 16.0. The number of aromatic nitrogens is 1. The van der Waals surface area contributed by atoms with Crippen LogP contribution in [0.15, 0.2) is 33.6 Å². The first-order valence-corrected chi connectivity index (χ1v) is 9.24. The summed E-state index contributed by atoms with van der Waals surface area (Å²) in [6.45, 7) is 5.03. The highest BCUT2D eigenvalue weighted by molar-refractivity contribution is 9.10. The first-order chi connectivity index (χ1) is 9.60. The van der Waals surface area contributed by atoms with Gasteiger partial charge in [0, 0.05) is 20.8 Å². The van der Waals surface area contributed by atoms with E-state index in [0.29, 0.717) is 12.5 Å². The number of nitrogens with zero attached hydrogens (tertiary/aromatic N) is 1. The van der Waals surface area contributed by atoms with E-state index in [-0.39, 0.29) is 0 Å². The molecule has 0 aliphatic carbocycles. The zero-order chi connectivity index (χ0) is 14.5. The largest absolute Gasteiger partial charge is 0.326 e. The lowest BCUT2D eigenvalue weighted by molar-refractivity contribution is 0.633. The highest BCUT2D eigenvalue weighted by atomic mass is 79.9. The number of nitrogens with two attached hydrogens (primary N) is 1. The van der Waals surface area contributed by atoms with Crippen LogP contribution in [0.4, 0.5) is 0 Å². The van der Waals surface area contributed by atoms with Gasteiger partial charge < -0.3 is 5.73 Å². The van der Waals surface area contributed by atoms with Crippen LogP contribution in [0, 0.1) is 5.92 Å². The highest BCUT2D eigenvalue weighted by Gasteiger charge is 2.12. The zero-order valence-electron chi connectivity index (χ0n) is 11.7. The van der Waals surface area contributed by atoms with E-state index in [9.17, 15) is 0 Å². The second-order valence-corrected chi connectivity index (χ2v) is 8.04. The predicted molar refractivity (Wildman–Crippen MR) is 92.3 cm³/mol. The Morgan fingerprint density at radius 3 is 2.75 bits per heavy atom. The quantitative estimate of drug-likeness (QED) is 0.738. The molecule has 1 aromatic heterocycles. The normalized spacial score (nSPS) is 11.2. The standard InChI is InChI=1S/C15H19BrN2S2/c1-10(2)7-12-14(8-17)20-15(18-12)9-19-13-6-4-3-5-11(13)16/h3-6,10H,7-9,17H2,1-2H3. The van der Waals surface area contributed by atoms with Crippen molar-refractivity contribution in [2.24, 2.45) is 11.7 Å². The smallest absolute Gasteiger partial charge is 0.103 e. The number of thiazole rings is 1. The van der Waals surface area contributed by atoms with Crippen molar-refractivity contribution in [3.8, 4) is 0 Å². The summed E-state index contributed by atoms with van der Waals surface area (Å²) in [4.78, 5) is 7.26. The molecule has 0 amide bonds. The molecule has 0 bridgehead atoms. The number of benzene rings is 1. The molecule has 2 rings (SSSR count). The minimum absolute atomic E-state index is 0.597. The van der Waals surface area contributed by atoms with E-state index < -0.39 is 0 Å². The maximum atomic E-state index is 5.83. The van der Waals surface area contributed by atoms with Crippen LogP contribution in [-0.2, 0) is 18.7 Å². The minimum Gasteiger partial charge on any atom is -0.326 e. The Kier molecular flexibility index (Phi) is 6.08. The van der Waals surface area contributed by atoms with Crippen molar-refractivity contribution in [1.82, 2.24) is 4.98 Å². The summed E-state index contributed by atoms with van der Waals surface area (Å²) in [7, 11) is 0. The fourth-order valence-corrected chi connectivity index (χ4v) is 4.44. The Morgan fingerprint density at radius 2 is 2.10 bits per heavy atom. The third-order valence-corrected chi connectivity index (χ3v) is 6.14. The molecule has 1 aromatic carbocycles. The Balaban J connectivity index is 2.06. The van der Waals surface area contributed by atoms with Crippen LogP contribution >= 0.6 is 39.0 Å². The molecule has 108 valence electrons. The molecule has 0 fully saturated rings. The van der Waals surface area contributed by atoms with Crippen LogP contribution in [0.2, 0.25) is 0 Å². The third kappa shape index (κ3) is 4.32. The van der Waals surface area contributed by atoms with Crippen molar-refractivity contribution in [3.63, 3.8) is 0 Å². The van der Waals surface area contributed by atoms with E-state index >= 15 is 0 Å². The van der Waals surface area contributed by atoms with Gasteiger partial charge in [-0.1, -0.05) is 26.0 Å². The Labute approximate surface area is 137 Å². The Hall–Kier alpha value is -0.360. The summed E-state index contributed by atoms with van der Waals surface area (Å²) in [5.41, 5.74) is 7.02. The first-order valence-electron chi connectivity index (χ1n) is 6.65. The summed E-state index contributed by atoms with van der Waals surface area (Å²) in [6.07, 6.45) is 1.02. The average Bonchev–Trinajstić information content (AvgIpc) is 2.79. The van der Waals surface area contributed by atoms with Gasteiger partial charge in [0.05, 0.1) is 11.4 Å². The van der Waals surface area contributed by atoms with Crippen LogP contribution in [-0.4, -0.2) is 4.98 Å². The molecule has 0 aliphatic heterocycles. The van der Waals surface area contributed by atoms with Gasteiger partial charge in [0.1, 0.15) is 5.01 Å². The van der Waals surface area contributed by atoms with Crippen molar-refractivity contribution < 1.29 is 0 Å². The van der Waals surface area contributed by atoms with Gasteiger partial charge in [-0.15, -0.1) is 23.1 Å². The van der Waals surface area contributed by atoms with Crippen molar-refractivity contribution in [2.75, 3.05) is 0 Å². The van der Waals surface area contributed by atoms with E-state index in [4.69, 9.17) is 10.7 Å². The van der Waals surface area contributed by atoms with E-state index in [1.54, 1.807) is 11.3 Å². The summed E-state index contributed by atoms with van der Waals surface area (Å²) in [6, 6.07) is 8.29. The molecule has 0 spiro atoms. The van der Waals surface area contributed by atoms with Crippen LogP contribution in [0.3, 0.4) is 0 Å². The van der Waals surface area contributed by atoms with Crippen LogP contribution < -0.4 is 5.73 Å². The molecule has 0 atom stereocenters. The molecule has 0 saturated carbocycles. The number of halogens is 1. The topological polar surface area (TPSA) is 38.9 Å². The molecule has 0 radical (unpaired) electrons. The predicted octanol–water partition coefficient (Wildman–Crippen LogP) is 4.86. The molecule has 0 saturated heterocycles. The molecule has 20 heavy (non-hydrogen) atoms. The van der Waals surface area contributed by atoms with Crippen molar-refractivity contribution in [1.29, 1.82) is 0 Å². The lowest BCUT2D eigenvalue weighted by Gasteiger charge is -2.03. The zero-order valence-corrected chi connectivity index (χ0v) is 14.9. The van der Waals surface area contributed by atoms with Gasteiger partial charge in [-0.2, -0.15) is 0 Å². The van der Waals surface area contributed by atoms with E-state index in [0.717, 1.165) is 16.6 Å². The van der Waals surface area contributed by atoms with Gasteiger partial charge in [-0.05, 0) is 40.4 Å². The second-order valence-electron chi connectivity index (χ2n) is 5.00. The summed E-state index contributed by atoms with van der Waals surface area (Å²) < 4.78 is 1.14. The highest BCUT2D eigenvalue weighted by Crippen LogP contribution is 2.32. The Morgan fingerprint density at radius 1 is 1.35 bits per heavy atom. The van der Waals surface area contributed by atoms with Crippen molar-refractivity contribution in [3.05, 3.63) is 44.3 Å². The monoisotopic (exact) mass is 370 g/mol. The maximum Gasteiger partial charge on any atom is 0.103 e. The van der Waals surface area contributed by atoms with Crippen LogP contribution in [0.5, 0.6) is 0 Å². The molecular formula is C15H19BrN2S2. The van der Waals surface area contributed by atoms with Crippen LogP contribution in [0.1, 0.15) is 29.4 Å². The van der Waals surface area contributed by atoms with Gasteiger partial charge in [-0.3, -0.25) is 0 Å². The summed E-state index contributed by atoms with van der Waals surface area (Å²) >= 11 is 7.14. The number of rotatable bonds is 6. The summed E-state index contributed by atoms with van der Waals surface area (Å²) in [5.74, 6) is 1.52. The second kappa shape index (κ2) is 7.59. The minimum atomic E-state index is 0.597. The van der Waals surface area contributed by atoms with Gasteiger partial charge >= 0.3 is 0 Å². The average molecular weight is 371 g/mol. The fraction of sp³-hybridized carbons (Fsp3) is 0.400. The van der Waals surface area contributed by atoms with Crippen molar-refractivity contribution in [2.45, 2.75) is 37.5 Å². The molecule has 0 aliphatic rings. The lowest BCUT2D eigenvalue weighted by Crippen LogP contribution is -2.02. The summed E-state index contributed by atoms with van der Waals surface area (Å²) in [5, 5.41) is 1.17. The molecule has 2 N–H and O–H groups in total. The molecule has 0 unspecified atom stereocenters. The van der Waals surface area contributed by atoms with Crippen LogP contribution in [0.25, 0.3) is 0 Å². The number of thioether (sulfide) groups is 1. The van der Waals surface area contributed by atoms with E-state index in [1.807, 2.05) is 17.8 Å². The third-order valence-electron chi connectivity index (χ3n) is 2.80. The fourth-order valence-electron chi connectivity index (χ4n) is 1.91. The van der Waals surface area contributed by atoms with Gasteiger partial charge in [0.25, 0.3) is 0 Å². The maximum absolute atomic E-state index is 5.83. The van der Waals surface area contributed by atoms with E-state index in [2.05, 4.69) is 48.0 Å². The molecule has 2 nitrogen and oxygen atoms in total. The molecule has 2 aromatic rings. The number of hydrogen-bond donors (Lipinski definition) is 1. The molecule has 1 heterocycles. The van der Waals surface area contributed by atoms with E-state index in [1.165, 1.54) is 20.5 Å². The SMILES string of the molecule is CC(C)Cc1nc(CSc2ccccc2Br)sc1CN. The van der Waals surface area contributed by atoms with Gasteiger partial charge in [-0.25, -0.2) is 4.98 Å². The Bertz CT molecular complexity index is 567. The number of hydrogen-bond acceptors (Lipinski definition) is 4. The lowest BCUT2D eigenvalue weighted by atomic mass is 10.1. The van der Waals surface area contributed by atoms with Gasteiger partial charge in [0.2, 0.25) is 0 Å². The molecule has 5 heteroatoms.